The lowest BCUT2D eigenvalue weighted by Crippen LogP contribution is -2.32. The second-order valence-electron chi connectivity index (χ2n) is 4.52. The Balaban J connectivity index is 3.93. The molecule has 82 valence electrons. The van der Waals surface area contributed by atoms with Crippen molar-refractivity contribution in [2.45, 2.75) is 33.6 Å². The number of unbranched alkanes of at least 4 members (excludes halogenated alkanes) is 1. The minimum Gasteiger partial charge on any atom is -0.215 e. The van der Waals surface area contributed by atoms with E-state index in [0.29, 0.717) is 19.4 Å². The van der Waals surface area contributed by atoms with Gasteiger partial charge in [0.15, 0.2) is 0 Å². The number of terminal acetylenes is 1. The van der Waals surface area contributed by atoms with Gasteiger partial charge in [-0.05, 0) is 11.8 Å². The van der Waals surface area contributed by atoms with Crippen LogP contribution in [0, 0.1) is 17.8 Å². The van der Waals surface area contributed by atoms with E-state index in [2.05, 4.69) is 10.6 Å². The molecule has 0 amide bonds. The van der Waals surface area contributed by atoms with Crippen LogP contribution in [0.5, 0.6) is 0 Å². The van der Waals surface area contributed by atoms with Crippen LogP contribution in [0.4, 0.5) is 0 Å². The number of sulfonamides is 1. The van der Waals surface area contributed by atoms with Gasteiger partial charge in [0.25, 0.3) is 0 Å². The second-order valence-corrected chi connectivity index (χ2v) is 6.33. The van der Waals surface area contributed by atoms with Crippen molar-refractivity contribution in [1.29, 1.82) is 0 Å². The molecule has 14 heavy (non-hydrogen) atoms. The molecular weight excluding hydrogens is 198 g/mol. The maximum Gasteiger partial charge on any atom is 0.212 e. The molecule has 0 rings (SSSR count). The molecule has 0 bridgehead atoms. The van der Waals surface area contributed by atoms with Gasteiger partial charge in [-0.25, -0.2) is 13.1 Å². The Bertz CT molecular complexity index is 293. The lowest BCUT2D eigenvalue weighted by Gasteiger charge is -2.18. The van der Waals surface area contributed by atoms with Crippen LogP contribution in [0.2, 0.25) is 0 Å². The Labute approximate surface area is 87.3 Å². The molecule has 0 saturated heterocycles. The first kappa shape index (κ1) is 13.5. The average molecular weight is 217 g/mol. The van der Waals surface area contributed by atoms with Gasteiger partial charge in [0, 0.05) is 13.0 Å². The summed E-state index contributed by atoms with van der Waals surface area (Å²) in [5.74, 6) is 2.62. The van der Waals surface area contributed by atoms with Crippen molar-refractivity contribution in [3.05, 3.63) is 0 Å². The minimum absolute atomic E-state index is 0.149. The Kier molecular flexibility index (Phi) is 5.17. The molecule has 0 aromatic carbocycles. The van der Waals surface area contributed by atoms with E-state index >= 15 is 0 Å². The van der Waals surface area contributed by atoms with E-state index in [1.807, 2.05) is 20.8 Å². The molecule has 0 fully saturated rings. The lowest BCUT2D eigenvalue weighted by molar-refractivity contribution is 0.458. The molecule has 0 aliphatic heterocycles. The van der Waals surface area contributed by atoms with E-state index in [0.717, 1.165) is 0 Å². The summed E-state index contributed by atoms with van der Waals surface area (Å²) in [6.07, 6.45) is 6.36. The number of nitrogens with one attached hydrogen (secondary N) is 1. The first-order valence-electron chi connectivity index (χ1n) is 4.68. The summed E-state index contributed by atoms with van der Waals surface area (Å²) in [6, 6.07) is 0. The average Bonchev–Trinajstić information content (AvgIpc) is 1.93. The largest absolute Gasteiger partial charge is 0.215 e. The van der Waals surface area contributed by atoms with Crippen molar-refractivity contribution in [1.82, 2.24) is 4.72 Å². The van der Waals surface area contributed by atoms with E-state index < -0.39 is 10.0 Å². The summed E-state index contributed by atoms with van der Waals surface area (Å²) < 4.78 is 25.4. The highest BCUT2D eigenvalue weighted by Crippen LogP contribution is 2.15. The van der Waals surface area contributed by atoms with Crippen molar-refractivity contribution >= 4 is 10.0 Å². The third kappa shape index (κ3) is 8.09. The van der Waals surface area contributed by atoms with Crippen LogP contribution < -0.4 is 4.72 Å². The van der Waals surface area contributed by atoms with Crippen LogP contribution in [-0.4, -0.2) is 20.7 Å². The van der Waals surface area contributed by atoms with Gasteiger partial charge < -0.3 is 0 Å². The Hall–Kier alpha value is -0.530. The highest BCUT2D eigenvalue weighted by Gasteiger charge is 2.20. The van der Waals surface area contributed by atoms with Crippen LogP contribution in [0.15, 0.2) is 0 Å². The predicted octanol–water partition coefficient (Wildman–Crippen LogP) is 1.37. The van der Waals surface area contributed by atoms with Crippen molar-refractivity contribution < 1.29 is 8.42 Å². The van der Waals surface area contributed by atoms with E-state index in [1.54, 1.807) is 0 Å². The zero-order chi connectivity index (χ0) is 11.2. The third-order valence-electron chi connectivity index (χ3n) is 1.44. The first-order chi connectivity index (χ1) is 6.27. The molecule has 0 unspecified atom stereocenters. The molecule has 0 atom stereocenters. The maximum atomic E-state index is 11.4. The fraction of sp³-hybridized carbons (Fsp3) is 0.800. The molecule has 0 aliphatic rings. The van der Waals surface area contributed by atoms with Gasteiger partial charge in [0.1, 0.15) is 0 Å². The van der Waals surface area contributed by atoms with Crippen molar-refractivity contribution in [2.75, 3.05) is 12.3 Å². The topological polar surface area (TPSA) is 46.2 Å². The fourth-order valence-electron chi connectivity index (χ4n) is 1.04. The monoisotopic (exact) mass is 217 g/mol. The Morgan fingerprint density at radius 1 is 1.36 bits per heavy atom. The number of rotatable bonds is 5. The molecular formula is C10H19NO2S. The molecule has 0 aromatic heterocycles. The zero-order valence-electron chi connectivity index (χ0n) is 9.13. The van der Waals surface area contributed by atoms with Crippen LogP contribution in [-0.2, 0) is 10.0 Å². The maximum absolute atomic E-state index is 11.4. The molecule has 0 aromatic rings. The third-order valence-corrected chi connectivity index (χ3v) is 3.33. The molecule has 0 spiro atoms. The SMILES string of the molecule is C#CCCCNS(=O)(=O)CC(C)(C)C. The molecule has 3 nitrogen and oxygen atoms in total. The van der Waals surface area contributed by atoms with Crippen molar-refractivity contribution in [3.63, 3.8) is 0 Å². The summed E-state index contributed by atoms with van der Waals surface area (Å²) in [5.41, 5.74) is -0.210. The van der Waals surface area contributed by atoms with Gasteiger partial charge in [-0.3, -0.25) is 0 Å². The number of hydrogen-bond donors (Lipinski definition) is 1. The van der Waals surface area contributed by atoms with E-state index in [-0.39, 0.29) is 11.2 Å². The summed E-state index contributed by atoms with van der Waals surface area (Å²) in [4.78, 5) is 0. The van der Waals surface area contributed by atoms with Gasteiger partial charge in [0.05, 0.1) is 5.75 Å². The zero-order valence-corrected chi connectivity index (χ0v) is 9.95. The van der Waals surface area contributed by atoms with Gasteiger partial charge in [-0.15, -0.1) is 12.3 Å². The second kappa shape index (κ2) is 5.38. The molecule has 0 heterocycles. The fourth-order valence-corrected chi connectivity index (χ4v) is 2.74. The van der Waals surface area contributed by atoms with Crippen LogP contribution in [0.25, 0.3) is 0 Å². The molecule has 0 saturated carbocycles. The minimum atomic E-state index is -3.14. The quantitative estimate of drug-likeness (QED) is 0.558. The van der Waals surface area contributed by atoms with E-state index in [9.17, 15) is 8.42 Å². The number of hydrogen-bond acceptors (Lipinski definition) is 2. The molecule has 4 heteroatoms. The van der Waals surface area contributed by atoms with Crippen molar-refractivity contribution in [2.24, 2.45) is 5.41 Å². The van der Waals surface area contributed by atoms with Crippen LogP contribution in [0.1, 0.15) is 33.6 Å². The highest BCUT2D eigenvalue weighted by atomic mass is 32.2. The van der Waals surface area contributed by atoms with Crippen LogP contribution in [0.3, 0.4) is 0 Å². The summed E-state index contributed by atoms with van der Waals surface area (Å²) in [5, 5.41) is 0. The molecule has 0 radical (unpaired) electrons. The summed E-state index contributed by atoms with van der Waals surface area (Å²) in [6.45, 7) is 6.12. The van der Waals surface area contributed by atoms with Gasteiger partial charge in [0.2, 0.25) is 10.0 Å². The van der Waals surface area contributed by atoms with Gasteiger partial charge in [-0.1, -0.05) is 20.8 Å². The van der Waals surface area contributed by atoms with E-state index in [1.165, 1.54) is 0 Å². The first-order valence-corrected chi connectivity index (χ1v) is 6.33. The normalized spacial score (nSPS) is 12.4. The van der Waals surface area contributed by atoms with Crippen LogP contribution >= 0.6 is 0 Å². The van der Waals surface area contributed by atoms with Crippen molar-refractivity contribution in [3.8, 4) is 12.3 Å². The summed E-state index contributed by atoms with van der Waals surface area (Å²) >= 11 is 0. The Morgan fingerprint density at radius 3 is 2.36 bits per heavy atom. The Morgan fingerprint density at radius 2 is 1.93 bits per heavy atom. The highest BCUT2D eigenvalue weighted by molar-refractivity contribution is 7.89. The van der Waals surface area contributed by atoms with E-state index in [4.69, 9.17) is 6.42 Å². The standard InChI is InChI=1S/C10H19NO2S/c1-5-6-7-8-11-14(12,13)9-10(2,3)4/h1,11H,6-9H2,2-4H3. The smallest absolute Gasteiger partial charge is 0.212 e. The lowest BCUT2D eigenvalue weighted by atomic mass is 10.0. The predicted molar refractivity (Wildman–Crippen MR) is 59.3 cm³/mol. The molecule has 0 aliphatic carbocycles. The molecule has 1 N–H and O–H groups in total. The van der Waals surface area contributed by atoms with Gasteiger partial charge in [-0.2, -0.15) is 0 Å². The summed E-state index contributed by atoms with van der Waals surface area (Å²) in [7, 11) is -3.14. The van der Waals surface area contributed by atoms with Gasteiger partial charge >= 0.3 is 0 Å².